The minimum absolute atomic E-state index is 0.0170. The van der Waals surface area contributed by atoms with E-state index in [1.165, 1.54) is 11.1 Å². The number of carbonyl (C=O) groups is 2. The van der Waals surface area contributed by atoms with Crippen molar-refractivity contribution in [1.82, 2.24) is 15.2 Å². The van der Waals surface area contributed by atoms with Crippen LogP contribution in [-0.4, -0.2) is 71.0 Å². The van der Waals surface area contributed by atoms with Crippen LogP contribution in [0.15, 0.2) is 60.9 Å². The topological polar surface area (TPSA) is 143 Å². The van der Waals surface area contributed by atoms with Crippen molar-refractivity contribution in [3.63, 3.8) is 0 Å². The van der Waals surface area contributed by atoms with Gasteiger partial charge in [0.25, 0.3) is 5.91 Å². The summed E-state index contributed by atoms with van der Waals surface area (Å²) in [5.74, 6) is -3.60. The van der Waals surface area contributed by atoms with E-state index in [-0.39, 0.29) is 30.6 Å². The van der Waals surface area contributed by atoms with Crippen molar-refractivity contribution in [2.45, 2.75) is 96.2 Å². The first kappa shape index (κ1) is 38.7. The summed E-state index contributed by atoms with van der Waals surface area (Å²) in [5.41, 5.74) is 9.11. The lowest BCUT2D eigenvalue weighted by atomic mass is 10.0. The second kappa shape index (κ2) is 18.1. The zero-order valence-electron chi connectivity index (χ0n) is 28.2. The number of benzene rings is 2. The highest BCUT2D eigenvalue weighted by atomic mass is 32.2. The van der Waals surface area contributed by atoms with Gasteiger partial charge in [0.15, 0.2) is 9.84 Å². The number of pyridine rings is 1. The average Bonchev–Trinajstić information content (AvgIpc) is 3.03. The van der Waals surface area contributed by atoms with Crippen LogP contribution in [0.4, 0.5) is 8.78 Å². The lowest BCUT2D eigenvalue weighted by Crippen LogP contribution is -2.55. The smallest absolute Gasteiger partial charge is 0.253 e. The molecule has 2 aromatic carbocycles. The van der Waals surface area contributed by atoms with Gasteiger partial charge in [-0.15, -0.1) is 0 Å². The molecule has 0 radical (unpaired) electrons. The van der Waals surface area contributed by atoms with E-state index >= 15 is 0 Å². The molecule has 0 bridgehead atoms. The number of aliphatic hydroxyl groups is 1. The van der Waals surface area contributed by atoms with Gasteiger partial charge in [0.05, 0.1) is 22.7 Å². The molecule has 0 aliphatic carbocycles. The Labute approximate surface area is 282 Å². The quantitative estimate of drug-likeness (QED) is 0.177. The molecule has 262 valence electrons. The summed E-state index contributed by atoms with van der Waals surface area (Å²) in [6.07, 6.45) is 4.26. The van der Waals surface area contributed by atoms with Crippen LogP contribution in [0.25, 0.3) is 0 Å². The number of amides is 2. The lowest BCUT2D eigenvalue weighted by molar-refractivity contribution is -0.135. The zero-order valence-corrected chi connectivity index (χ0v) is 29.0. The van der Waals surface area contributed by atoms with Crippen LogP contribution >= 0.6 is 0 Å². The summed E-state index contributed by atoms with van der Waals surface area (Å²) in [4.78, 5) is 33.2. The Morgan fingerprint density at radius 1 is 0.958 bits per heavy atom. The summed E-state index contributed by atoms with van der Waals surface area (Å²) >= 11 is 0. The van der Waals surface area contributed by atoms with E-state index in [0.29, 0.717) is 31.2 Å². The Morgan fingerprint density at radius 2 is 1.60 bits per heavy atom. The van der Waals surface area contributed by atoms with Gasteiger partial charge in [-0.25, -0.2) is 17.2 Å². The van der Waals surface area contributed by atoms with Gasteiger partial charge in [0.1, 0.15) is 17.7 Å². The highest BCUT2D eigenvalue weighted by Crippen LogP contribution is 2.20. The number of nitrogens with one attached hydrogen (secondary N) is 1. The molecule has 0 unspecified atom stereocenters. The first-order chi connectivity index (χ1) is 22.8. The number of halogens is 2. The third kappa shape index (κ3) is 11.5. The maximum absolute atomic E-state index is 14.4. The van der Waals surface area contributed by atoms with Gasteiger partial charge >= 0.3 is 0 Å². The first-order valence-corrected chi connectivity index (χ1v) is 18.2. The molecular weight excluding hydrogens is 638 g/mol. The Kier molecular flexibility index (Phi) is 14.6. The largest absolute Gasteiger partial charge is 0.390 e. The number of aryl methyl sites for hydroxylation is 2. The monoisotopic (exact) mass is 686 g/mol. The second-order valence-electron chi connectivity index (χ2n) is 12.4. The number of nitrogens with zero attached hydrogens (tertiary/aromatic N) is 2. The Hall–Kier alpha value is -3.74. The Morgan fingerprint density at radius 3 is 2.21 bits per heavy atom. The number of aliphatic hydroxyl groups excluding tert-OH is 1. The average molecular weight is 687 g/mol. The van der Waals surface area contributed by atoms with Gasteiger partial charge in [-0.1, -0.05) is 57.9 Å². The molecule has 2 amide bonds. The molecule has 1 aromatic heterocycles. The van der Waals surface area contributed by atoms with Gasteiger partial charge in [-0.3, -0.25) is 14.6 Å². The first-order valence-electron chi connectivity index (χ1n) is 16.4. The fourth-order valence-electron chi connectivity index (χ4n) is 5.73. The van der Waals surface area contributed by atoms with Gasteiger partial charge in [-0.2, -0.15) is 0 Å². The Balaban J connectivity index is 2.00. The minimum Gasteiger partial charge on any atom is -0.390 e. The van der Waals surface area contributed by atoms with Gasteiger partial charge in [-0.05, 0) is 73.1 Å². The molecule has 3 aromatic rings. The maximum atomic E-state index is 14.4. The maximum Gasteiger partial charge on any atom is 0.253 e. The van der Waals surface area contributed by atoms with E-state index in [1.54, 1.807) is 19.2 Å². The second-order valence-corrected chi connectivity index (χ2v) is 14.7. The van der Waals surface area contributed by atoms with Crippen molar-refractivity contribution in [1.29, 1.82) is 0 Å². The third-order valence-electron chi connectivity index (χ3n) is 8.25. The SMILES string of the molecule is CCCC(CCC)S(=O)(=O)C[C@@H](NC(=O)c1cncc(C)c1)C(=O)N(Cc1cccc(CC)c1)C[C@@H](O)[C@@H](N)Cc1cc(F)cc(F)c1. The number of carbonyl (C=O) groups excluding carboxylic acids is 2. The van der Waals surface area contributed by atoms with Crippen molar-refractivity contribution in [2.75, 3.05) is 12.3 Å². The summed E-state index contributed by atoms with van der Waals surface area (Å²) in [6.45, 7) is 7.17. The molecule has 0 fully saturated rings. The predicted molar refractivity (Wildman–Crippen MR) is 183 cm³/mol. The predicted octanol–water partition coefficient (Wildman–Crippen LogP) is 4.67. The lowest BCUT2D eigenvalue weighted by Gasteiger charge is -2.32. The number of aromatic nitrogens is 1. The summed E-state index contributed by atoms with van der Waals surface area (Å²) in [6, 6.07) is 9.52. The van der Waals surface area contributed by atoms with E-state index in [1.807, 2.05) is 45.0 Å². The number of rotatable bonds is 18. The molecule has 0 saturated heterocycles. The van der Waals surface area contributed by atoms with Crippen LogP contribution < -0.4 is 11.1 Å². The standard InChI is InChI=1S/C36H48F2N4O5S/c1-5-9-31(10-6-2)48(46,47)23-33(41-35(44)28-13-24(4)19-40-20-28)36(45)42(21-26-12-8-11-25(7-3)14-26)22-34(43)32(39)17-27-15-29(37)18-30(38)16-27/h8,11-16,18-20,31-34,43H,5-7,9-10,17,21-23,39H2,1-4H3,(H,41,44)/t32-,33+,34+/m0/s1. The number of hydrogen-bond acceptors (Lipinski definition) is 7. The van der Waals surface area contributed by atoms with Crippen molar-refractivity contribution >= 4 is 21.7 Å². The number of sulfone groups is 1. The van der Waals surface area contributed by atoms with Crippen LogP contribution in [-0.2, 0) is 34.0 Å². The Bertz CT molecular complexity index is 1610. The van der Waals surface area contributed by atoms with Gasteiger partial charge < -0.3 is 21.1 Å². The summed E-state index contributed by atoms with van der Waals surface area (Å²) in [7, 11) is -3.87. The molecule has 0 saturated carbocycles. The molecule has 12 heteroatoms. The van der Waals surface area contributed by atoms with E-state index in [0.717, 1.165) is 35.7 Å². The highest BCUT2D eigenvalue weighted by molar-refractivity contribution is 7.92. The molecule has 9 nitrogen and oxygen atoms in total. The molecule has 0 aliphatic rings. The molecule has 4 N–H and O–H groups in total. The van der Waals surface area contributed by atoms with E-state index in [9.17, 15) is 31.9 Å². The number of nitrogens with two attached hydrogens (primary N) is 1. The van der Waals surface area contributed by atoms with Crippen LogP contribution in [0, 0.1) is 18.6 Å². The van der Waals surface area contributed by atoms with Crippen LogP contribution in [0.1, 0.15) is 79.1 Å². The van der Waals surface area contributed by atoms with Gasteiger partial charge in [0.2, 0.25) is 5.91 Å². The molecule has 0 aliphatic heterocycles. The third-order valence-corrected chi connectivity index (χ3v) is 10.5. The zero-order chi connectivity index (χ0) is 35.4. The molecule has 3 atom stereocenters. The summed E-state index contributed by atoms with van der Waals surface area (Å²) in [5, 5.41) is 13.2. The summed E-state index contributed by atoms with van der Waals surface area (Å²) < 4.78 is 55.3. The van der Waals surface area contributed by atoms with E-state index in [2.05, 4.69) is 10.3 Å². The van der Waals surface area contributed by atoms with E-state index < -0.39 is 62.5 Å². The van der Waals surface area contributed by atoms with Crippen molar-refractivity contribution in [3.05, 3.63) is 100 Å². The van der Waals surface area contributed by atoms with Crippen LogP contribution in [0.5, 0.6) is 0 Å². The minimum atomic E-state index is -3.87. The normalized spacial score (nSPS) is 13.6. The van der Waals surface area contributed by atoms with Gasteiger partial charge in [0, 0.05) is 37.6 Å². The molecular formula is C36H48F2N4O5S. The molecule has 0 spiro atoms. The van der Waals surface area contributed by atoms with Crippen LogP contribution in [0.3, 0.4) is 0 Å². The fraction of sp³-hybridized carbons (Fsp3) is 0.472. The van der Waals surface area contributed by atoms with Crippen LogP contribution in [0.2, 0.25) is 0 Å². The van der Waals surface area contributed by atoms with E-state index in [4.69, 9.17) is 5.73 Å². The van der Waals surface area contributed by atoms with Crippen molar-refractivity contribution < 1.29 is 31.9 Å². The number of hydrogen-bond donors (Lipinski definition) is 3. The highest BCUT2D eigenvalue weighted by Gasteiger charge is 2.36. The van der Waals surface area contributed by atoms with Crippen molar-refractivity contribution in [3.8, 4) is 0 Å². The molecule has 3 rings (SSSR count). The molecule has 1 heterocycles. The fourth-order valence-corrected chi connectivity index (χ4v) is 7.88. The van der Waals surface area contributed by atoms with Crippen molar-refractivity contribution in [2.24, 2.45) is 5.73 Å². The molecule has 48 heavy (non-hydrogen) atoms.